The molecule has 3 nitrogen and oxygen atoms in total. The Morgan fingerprint density at radius 1 is 0.969 bits per heavy atom. The predicted octanol–water partition coefficient (Wildman–Crippen LogP) is 7.18. The van der Waals surface area contributed by atoms with E-state index in [9.17, 15) is 0 Å². The van der Waals surface area contributed by atoms with Crippen LogP contribution in [0.1, 0.15) is 47.6 Å². The number of nitrogen functional groups attached to an aromatic ring is 1. The summed E-state index contributed by atoms with van der Waals surface area (Å²) < 4.78 is 0. The molecule has 0 radical (unpaired) electrons. The molecule has 2 N–H and O–H groups in total. The van der Waals surface area contributed by atoms with Crippen molar-refractivity contribution in [1.29, 1.82) is 0 Å². The van der Waals surface area contributed by atoms with E-state index in [-0.39, 0.29) is 0 Å². The van der Waals surface area contributed by atoms with Crippen LogP contribution in [0.5, 0.6) is 0 Å². The smallest absolute Gasteiger partial charge is 0.131 e. The van der Waals surface area contributed by atoms with Gasteiger partial charge in [0.1, 0.15) is 5.82 Å². The molecule has 1 atom stereocenters. The topological polar surface area (TPSA) is 51.8 Å². The molecule has 0 saturated carbocycles. The Hall–Kier alpha value is -3.72. The number of allylic oxidation sites excluding steroid dienone is 2. The summed E-state index contributed by atoms with van der Waals surface area (Å²) in [5.41, 5.74) is 14.1. The molecular weight excluding hydrogens is 390 g/mol. The van der Waals surface area contributed by atoms with Crippen LogP contribution in [0.15, 0.2) is 79.0 Å². The van der Waals surface area contributed by atoms with Crippen molar-refractivity contribution in [2.24, 2.45) is 0 Å². The first-order chi connectivity index (χ1) is 15.7. The van der Waals surface area contributed by atoms with Gasteiger partial charge in [0.2, 0.25) is 0 Å². The summed E-state index contributed by atoms with van der Waals surface area (Å²) in [6.07, 6.45) is 14.2. The lowest BCUT2D eigenvalue weighted by Gasteiger charge is -2.17. The highest BCUT2D eigenvalue weighted by Gasteiger charge is 2.15. The molecule has 5 rings (SSSR count). The van der Waals surface area contributed by atoms with E-state index < -0.39 is 0 Å². The Balaban J connectivity index is 1.52. The number of fused-ring (bicyclic) bond motifs is 1. The zero-order valence-corrected chi connectivity index (χ0v) is 18.3. The summed E-state index contributed by atoms with van der Waals surface area (Å²) >= 11 is 0. The second-order valence-electron chi connectivity index (χ2n) is 8.46. The van der Waals surface area contributed by atoms with E-state index in [1.807, 2.05) is 12.3 Å². The van der Waals surface area contributed by atoms with Crippen LogP contribution >= 0.6 is 0 Å². The van der Waals surface area contributed by atoms with Gasteiger partial charge in [0.05, 0.1) is 11.2 Å². The molecule has 2 aromatic carbocycles. The fraction of sp³-hybridized carbons (Fsp3) is 0.172. The molecule has 0 spiro atoms. The second kappa shape index (κ2) is 8.80. The van der Waals surface area contributed by atoms with Gasteiger partial charge in [-0.1, -0.05) is 60.7 Å². The van der Waals surface area contributed by atoms with E-state index in [0.29, 0.717) is 11.7 Å². The van der Waals surface area contributed by atoms with Gasteiger partial charge in [-0.25, -0.2) is 4.98 Å². The number of nitrogens with zero attached hydrogens (tertiary/aromatic N) is 2. The molecule has 3 heteroatoms. The molecule has 1 aliphatic rings. The van der Waals surface area contributed by atoms with Crippen LogP contribution in [0.4, 0.5) is 5.82 Å². The third-order valence-electron chi connectivity index (χ3n) is 6.25. The van der Waals surface area contributed by atoms with Crippen LogP contribution in [0.2, 0.25) is 0 Å². The van der Waals surface area contributed by atoms with Crippen molar-refractivity contribution in [2.75, 3.05) is 5.73 Å². The number of aromatic nitrogens is 2. The first-order valence-corrected chi connectivity index (χ1v) is 11.2. The quantitative estimate of drug-likeness (QED) is 0.358. The first kappa shape index (κ1) is 20.2. The van der Waals surface area contributed by atoms with Crippen LogP contribution in [0.25, 0.3) is 34.2 Å². The largest absolute Gasteiger partial charge is 0.383 e. The van der Waals surface area contributed by atoms with Crippen LogP contribution < -0.4 is 5.73 Å². The average molecular weight is 418 g/mol. The highest BCUT2D eigenvalue weighted by molar-refractivity contribution is 5.90. The normalized spacial score (nSPS) is 16.1. The molecule has 0 amide bonds. The van der Waals surface area contributed by atoms with Crippen molar-refractivity contribution in [2.45, 2.75) is 32.1 Å². The maximum Gasteiger partial charge on any atom is 0.131 e. The fourth-order valence-corrected chi connectivity index (χ4v) is 4.51. The summed E-state index contributed by atoms with van der Waals surface area (Å²) in [4.78, 5) is 9.35. The summed E-state index contributed by atoms with van der Waals surface area (Å²) in [5, 5.41) is 1.08. The Bertz CT molecular complexity index is 1330. The molecule has 0 aliphatic heterocycles. The highest BCUT2D eigenvalue weighted by atomic mass is 14.8. The lowest BCUT2D eigenvalue weighted by Crippen LogP contribution is -2.04. The molecule has 0 fully saturated rings. The predicted molar refractivity (Wildman–Crippen MR) is 135 cm³/mol. The fourth-order valence-electron chi connectivity index (χ4n) is 4.51. The van der Waals surface area contributed by atoms with E-state index in [1.165, 1.54) is 23.1 Å². The average Bonchev–Trinajstić information content (AvgIpc) is 2.83. The zero-order chi connectivity index (χ0) is 21.9. The van der Waals surface area contributed by atoms with Crippen molar-refractivity contribution in [3.05, 3.63) is 101 Å². The van der Waals surface area contributed by atoms with Crippen LogP contribution in [-0.4, -0.2) is 9.97 Å². The van der Waals surface area contributed by atoms with E-state index in [0.717, 1.165) is 40.6 Å². The third-order valence-corrected chi connectivity index (χ3v) is 6.25. The maximum absolute atomic E-state index is 6.32. The molecule has 2 heterocycles. The summed E-state index contributed by atoms with van der Waals surface area (Å²) in [5.74, 6) is 0.925. The van der Waals surface area contributed by atoms with Crippen LogP contribution in [-0.2, 0) is 0 Å². The molecular formula is C29H27N3. The van der Waals surface area contributed by atoms with Gasteiger partial charge >= 0.3 is 0 Å². The number of aryl methyl sites for hydroxylation is 1. The van der Waals surface area contributed by atoms with Gasteiger partial charge in [-0.05, 0) is 72.7 Å². The van der Waals surface area contributed by atoms with Crippen molar-refractivity contribution in [3.8, 4) is 11.1 Å². The number of rotatable bonds is 4. The van der Waals surface area contributed by atoms with Gasteiger partial charge < -0.3 is 5.73 Å². The molecule has 1 aliphatic carbocycles. The Morgan fingerprint density at radius 3 is 2.69 bits per heavy atom. The van der Waals surface area contributed by atoms with Crippen molar-refractivity contribution >= 4 is 28.9 Å². The summed E-state index contributed by atoms with van der Waals surface area (Å²) in [6, 6.07) is 21.1. The summed E-state index contributed by atoms with van der Waals surface area (Å²) in [6.45, 7) is 2.14. The maximum atomic E-state index is 6.32. The molecule has 0 saturated heterocycles. The number of anilines is 1. The minimum absolute atomic E-state index is 0.383. The Kier molecular flexibility index (Phi) is 5.55. The van der Waals surface area contributed by atoms with Crippen LogP contribution in [0.3, 0.4) is 0 Å². The number of nitrogens with two attached hydrogens (primary N) is 1. The monoisotopic (exact) mass is 417 g/mol. The Morgan fingerprint density at radius 2 is 1.84 bits per heavy atom. The summed E-state index contributed by atoms with van der Waals surface area (Å²) in [7, 11) is 0. The lowest BCUT2D eigenvalue weighted by atomic mass is 9.90. The molecule has 0 bridgehead atoms. The van der Waals surface area contributed by atoms with E-state index in [1.54, 1.807) is 0 Å². The number of benzene rings is 2. The van der Waals surface area contributed by atoms with Crippen molar-refractivity contribution in [3.63, 3.8) is 0 Å². The standard InChI is InChI=1S/C29H27N3/c1-20-8-5-6-12-26(20)23-15-16-27-25(18-23)19-24(29(30)32-27)14-13-22-11-7-17-31-28(22)21-9-3-2-4-10-21/h3,5-9,11-19,21H,2,4,10H2,1H3,(H2,30,32)/b14-13+. The number of hydrogen-bond donors (Lipinski definition) is 1. The van der Waals surface area contributed by atoms with E-state index in [2.05, 4.69) is 90.8 Å². The SMILES string of the molecule is Cc1ccccc1-c1ccc2nc(N)c(/C=C/c3cccnc3C3C=CCCC3)cc2c1. The number of pyridine rings is 2. The van der Waals surface area contributed by atoms with Crippen LogP contribution in [0, 0.1) is 6.92 Å². The first-order valence-electron chi connectivity index (χ1n) is 11.2. The van der Waals surface area contributed by atoms with Gasteiger partial charge in [0.25, 0.3) is 0 Å². The zero-order valence-electron chi connectivity index (χ0n) is 18.3. The Labute approximate surface area is 189 Å². The third kappa shape index (κ3) is 4.06. The lowest BCUT2D eigenvalue weighted by molar-refractivity contribution is 0.640. The minimum Gasteiger partial charge on any atom is -0.383 e. The molecule has 158 valence electrons. The van der Waals surface area contributed by atoms with Gasteiger partial charge in [0, 0.05) is 23.1 Å². The minimum atomic E-state index is 0.383. The van der Waals surface area contributed by atoms with E-state index in [4.69, 9.17) is 10.7 Å². The molecule has 4 aromatic rings. The molecule has 32 heavy (non-hydrogen) atoms. The molecule has 1 unspecified atom stereocenters. The number of hydrogen-bond acceptors (Lipinski definition) is 3. The second-order valence-corrected chi connectivity index (χ2v) is 8.46. The highest BCUT2D eigenvalue weighted by Crippen LogP contribution is 2.31. The van der Waals surface area contributed by atoms with E-state index >= 15 is 0 Å². The van der Waals surface area contributed by atoms with Crippen molar-refractivity contribution in [1.82, 2.24) is 9.97 Å². The molecule has 2 aromatic heterocycles. The van der Waals surface area contributed by atoms with Gasteiger partial charge in [0.15, 0.2) is 0 Å². The van der Waals surface area contributed by atoms with Gasteiger partial charge in [-0.3, -0.25) is 4.98 Å². The van der Waals surface area contributed by atoms with Crippen molar-refractivity contribution < 1.29 is 0 Å². The van der Waals surface area contributed by atoms with Gasteiger partial charge in [-0.15, -0.1) is 0 Å². The van der Waals surface area contributed by atoms with Gasteiger partial charge in [-0.2, -0.15) is 0 Å².